The van der Waals surface area contributed by atoms with E-state index >= 15 is 0 Å². The maximum absolute atomic E-state index is 5.77. The molecule has 0 amide bonds. The molecular weight excluding hydrogens is 428 g/mol. The molecule has 1 aliphatic rings. The Morgan fingerprint density at radius 3 is 2.56 bits per heavy atom. The van der Waals surface area contributed by atoms with Crippen LogP contribution in [0.15, 0.2) is 23.2 Å². The molecule has 86 valence electrons. The number of nitrogens with zero attached hydrogens (tertiary/aromatic N) is 2. The first-order valence-electron chi connectivity index (χ1n) is 5.04. The maximum atomic E-state index is 5.77. The van der Waals surface area contributed by atoms with Crippen LogP contribution in [0.2, 0.25) is 0 Å². The van der Waals surface area contributed by atoms with Crippen molar-refractivity contribution < 1.29 is 0 Å². The Labute approximate surface area is 123 Å². The molecule has 0 bridgehead atoms. The molecule has 0 radical (unpaired) electrons. The Morgan fingerprint density at radius 2 is 2.00 bits per heavy atom. The van der Waals surface area contributed by atoms with Crippen molar-refractivity contribution in [1.82, 2.24) is 4.90 Å². The number of hydrogen-bond donors (Lipinski definition) is 1. The van der Waals surface area contributed by atoms with Gasteiger partial charge in [0.05, 0.1) is 6.54 Å². The van der Waals surface area contributed by atoms with Gasteiger partial charge in [-0.3, -0.25) is 4.99 Å². The number of hydrogen-bond acceptors (Lipinski definition) is 3. The zero-order valence-electron chi connectivity index (χ0n) is 8.95. The number of likely N-dealkylation sites (N-methyl/N-ethyl adjacent to an activating group) is 1. The van der Waals surface area contributed by atoms with E-state index in [9.17, 15) is 0 Å². The molecule has 0 spiro atoms. The van der Waals surface area contributed by atoms with Crippen molar-refractivity contribution in [2.24, 2.45) is 10.7 Å². The Bertz CT molecular complexity index is 411. The molecule has 2 N–H and O–H groups in total. The van der Waals surface area contributed by atoms with E-state index in [1.807, 2.05) is 11.9 Å². The molecule has 5 heteroatoms. The predicted molar refractivity (Wildman–Crippen MR) is 83.7 cm³/mol. The number of rotatable bonds is 1. The molecule has 1 aromatic rings. The van der Waals surface area contributed by atoms with Gasteiger partial charge >= 0.3 is 0 Å². The molecule has 0 saturated heterocycles. The molecule has 1 aromatic carbocycles. The highest BCUT2D eigenvalue weighted by Gasteiger charge is 2.23. The van der Waals surface area contributed by atoms with Gasteiger partial charge in [0.1, 0.15) is 0 Å². The normalized spacial score (nSPS) is 20.8. The zero-order valence-corrected chi connectivity index (χ0v) is 13.3. The maximum Gasteiger partial charge on any atom is 0.191 e. The Kier molecular flexibility index (Phi) is 3.93. The van der Waals surface area contributed by atoms with Crippen LogP contribution in [0.4, 0.5) is 0 Å². The van der Waals surface area contributed by atoms with Gasteiger partial charge < -0.3 is 10.6 Å². The largest absolute Gasteiger partial charge is 0.370 e. The van der Waals surface area contributed by atoms with E-state index in [1.165, 1.54) is 12.7 Å². The number of aliphatic imine (C=N–C) groups is 1. The molecule has 0 fully saturated rings. The highest BCUT2D eigenvalue weighted by molar-refractivity contribution is 14.1. The average molecular weight is 441 g/mol. The van der Waals surface area contributed by atoms with Crippen LogP contribution in [0.25, 0.3) is 0 Å². The van der Waals surface area contributed by atoms with E-state index in [0.29, 0.717) is 11.9 Å². The van der Waals surface area contributed by atoms with Gasteiger partial charge in [0, 0.05) is 26.7 Å². The molecule has 3 nitrogen and oxygen atoms in total. The fraction of sp³-hybridized carbons (Fsp3) is 0.364. The van der Waals surface area contributed by atoms with Gasteiger partial charge in [0.25, 0.3) is 0 Å². The molecule has 2 rings (SSSR count). The van der Waals surface area contributed by atoms with Crippen molar-refractivity contribution in [3.05, 3.63) is 30.9 Å². The molecule has 0 aliphatic carbocycles. The van der Waals surface area contributed by atoms with Crippen LogP contribution in [-0.4, -0.2) is 31.0 Å². The zero-order chi connectivity index (χ0) is 11.7. The lowest BCUT2D eigenvalue weighted by molar-refractivity contribution is 0.420. The van der Waals surface area contributed by atoms with Gasteiger partial charge in [-0.05, 0) is 62.9 Å². The molecular formula is C11H13I2N3. The standard InChI is InChI=1S/C11H13I2N3/c1-16-6-7(5-15-11(16)14)10-8(12)3-2-4-9(10)13/h2-4,7H,5-6H2,1H3,(H2,14,15). The van der Waals surface area contributed by atoms with Gasteiger partial charge in [-0.15, -0.1) is 0 Å². The van der Waals surface area contributed by atoms with E-state index in [4.69, 9.17) is 5.73 Å². The molecule has 0 aromatic heterocycles. The minimum atomic E-state index is 0.456. The van der Waals surface area contributed by atoms with Gasteiger partial charge in [0.15, 0.2) is 5.96 Å². The summed E-state index contributed by atoms with van der Waals surface area (Å²) in [6.45, 7) is 1.75. The van der Waals surface area contributed by atoms with E-state index in [-0.39, 0.29) is 0 Å². The van der Waals surface area contributed by atoms with Crippen molar-refractivity contribution in [2.75, 3.05) is 20.1 Å². The van der Waals surface area contributed by atoms with Gasteiger partial charge in [-0.2, -0.15) is 0 Å². The number of benzene rings is 1. The van der Waals surface area contributed by atoms with Gasteiger partial charge in [-0.1, -0.05) is 6.07 Å². The first-order chi connectivity index (χ1) is 7.59. The predicted octanol–water partition coefficient (Wildman–Crippen LogP) is 2.24. The van der Waals surface area contributed by atoms with Crippen molar-refractivity contribution in [3.63, 3.8) is 0 Å². The highest BCUT2D eigenvalue weighted by Crippen LogP contribution is 2.29. The lowest BCUT2D eigenvalue weighted by atomic mass is 9.98. The summed E-state index contributed by atoms with van der Waals surface area (Å²) >= 11 is 4.80. The third-order valence-electron chi connectivity index (χ3n) is 2.77. The van der Waals surface area contributed by atoms with Crippen molar-refractivity contribution in [2.45, 2.75) is 5.92 Å². The molecule has 0 saturated carbocycles. The second-order valence-corrected chi connectivity index (χ2v) is 6.24. The summed E-state index contributed by atoms with van der Waals surface area (Å²) in [5, 5.41) is 0. The molecule has 1 heterocycles. The lowest BCUT2D eigenvalue weighted by Gasteiger charge is -2.30. The van der Waals surface area contributed by atoms with Crippen LogP contribution in [0.5, 0.6) is 0 Å². The summed E-state index contributed by atoms with van der Waals surface area (Å²) in [5.41, 5.74) is 7.18. The summed E-state index contributed by atoms with van der Waals surface area (Å²) < 4.78 is 2.64. The number of halogens is 2. The van der Waals surface area contributed by atoms with Crippen molar-refractivity contribution in [1.29, 1.82) is 0 Å². The van der Waals surface area contributed by atoms with E-state index in [0.717, 1.165) is 13.1 Å². The first kappa shape index (κ1) is 12.4. The van der Waals surface area contributed by atoms with Crippen LogP contribution in [0, 0.1) is 7.14 Å². The summed E-state index contributed by atoms with van der Waals surface area (Å²) in [5.74, 6) is 1.11. The van der Waals surface area contributed by atoms with E-state index < -0.39 is 0 Å². The minimum Gasteiger partial charge on any atom is -0.370 e. The second kappa shape index (κ2) is 5.07. The summed E-state index contributed by atoms with van der Waals surface area (Å²) in [6.07, 6.45) is 0. The van der Waals surface area contributed by atoms with E-state index in [1.54, 1.807) is 0 Å². The van der Waals surface area contributed by atoms with Crippen LogP contribution in [0.1, 0.15) is 11.5 Å². The van der Waals surface area contributed by atoms with Crippen LogP contribution in [0.3, 0.4) is 0 Å². The smallest absolute Gasteiger partial charge is 0.191 e. The SMILES string of the molecule is CN1CC(c2c(I)cccc2I)CN=C1N. The number of guanidine groups is 1. The number of nitrogens with two attached hydrogens (primary N) is 1. The molecule has 1 aliphatic heterocycles. The Balaban J connectivity index is 2.33. The van der Waals surface area contributed by atoms with Crippen LogP contribution >= 0.6 is 45.2 Å². The van der Waals surface area contributed by atoms with Gasteiger partial charge in [-0.25, -0.2) is 0 Å². The van der Waals surface area contributed by atoms with Gasteiger partial charge in [0.2, 0.25) is 0 Å². The highest BCUT2D eigenvalue weighted by atomic mass is 127. The third kappa shape index (κ3) is 2.44. The quantitative estimate of drug-likeness (QED) is 0.680. The molecule has 16 heavy (non-hydrogen) atoms. The summed E-state index contributed by atoms with van der Waals surface area (Å²) in [6, 6.07) is 6.40. The van der Waals surface area contributed by atoms with E-state index in [2.05, 4.69) is 68.4 Å². The average Bonchev–Trinajstić information content (AvgIpc) is 2.23. The Hall–Kier alpha value is -0.0500. The topological polar surface area (TPSA) is 41.6 Å². The lowest BCUT2D eigenvalue weighted by Crippen LogP contribution is -2.41. The fourth-order valence-electron chi connectivity index (χ4n) is 1.89. The van der Waals surface area contributed by atoms with Crippen LogP contribution in [-0.2, 0) is 0 Å². The Morgan fingerprint density at radius 1 is 1.38 bits per heavy atom. The van der Waals surface area contributed by atoms with Crippen molar-refractivity contribution in [3.8, 4) is 0 Å². The first-order valence-corrected chi connectivity index (χ1v) is 7.20. The summed E-state index contributed by atoms with van der Waals surface area (Å²) in [7, 11) is 1.99. The minimum absolute atomic E-state index is 0.456. The third-order valence-corrected chi connectivity index (χ3v) is 4.65. The van der Waals surface area contributed by atoms with Crippen molar-refractivity contribution >= 4 is 51.1 Å². The molecule has 1 unspecified atom stereocenters. The monoisotopic (exact) mass is 441 g/mol. The summed E-state index contributed by atoms with van der Waals surface area (Å²) in [4.78, 5) is 6.39. The fourth-order valence-corrected chi connectivity index (χ4v) is 4.28. The second-order valence-electron chi connectivity index (χ2n) is 3.91. The van der Waals surface area contributed by atoms with Crippen LogP contribution < -0.4 is 5.73 Å². The molecule has 1 atom stereocenters.